The summed E-state index contributed by atoms with van der Waals surface area (Å²) >= 11 is 9.54. The Bertz CT molecular complexity index is 1440. The fourth-order valence-corrected chi connectivity index (χ4v) is 5.68. The third-order valence-electron chi connectivity index (χ3n) is 6.14. The summed E-state index contributed by atoms with van der Waals surface area (Å²) < 4.78 is 27.8. The normalized spacial score (nSPS) is 12.5. The summed E-state index contributed by atoms with van der Waals surface area (Å²) in [5, 5.41) is 3.47. The van der Waals surface area contributed by atoms with Gasteiger partial charge in [-0.3, -0.25) is 13.9 Å². The number of carbonyl (C=O) groups excluding carboxylic acids is 2. The Morgan fingerprint density at radius 3 is 2.15 bits per heavy atom. The van der Waals surface area contributed by atoms with E-state index in [1.807, 2.05) is 75.4 Å². The van der Waals surface area contributed by atoms with E-state index in [0.717, 1.165) is 26.2 Å². The van der Waals surface area contributed by atoms with Crippen LogP contribution in [0.5, 0.6) is 0 Å². The first-order valence-electron chi connectivity index (χ1n) is 12.8. The molecule has 1 unspecified atom stereocenters. The van der Waals surface area contributed by atoms with Crippen molar-refractivity contribution < 1.29 is 18.0 Å². The highest BCUT2D eigenvalue weighted by atomic mass is 79.9. The topological polar surface area (TPSA) is 86.8 Å². The first kappa shape index (κ1) is 31.6. The average molecular weight is 649 g/mol. The fourth-order valence-electron chi connectivity index (χ4n) is 4.29. The number of aryl methyl sites for hydroxylation is 1. The van der Waals surface area contributed by atoms with Gasteiger partial charge in [0.2, 0.25) is 21.8 Å². The van der Waals surface area contributed by atoms with Gasteiger partial charge in [-0.2, -0.15) is 0 Å². The lowest BCUT2D eigenvalue weighted by atomic mass is 10.0. The van der Waals surface area contributed by atoms with E-state index in [-0.39, 0.29) is 18.9 Å². The van der Waals surface area contributed by atoms with Crippen molar-refractivity contribution in [3.05, 3.63) is 99.0 Å². The molecule has 3 aromatic rings. The summed E-state index contributed by atoms with van der Waals surface area (Å²) in [6.45, 7) is 6.99. The Kier molecular flexibility index (Phi) is 10.4. The molecule has 0 aromatic heterocycles. The Morgan fingerprint density at radius 2 is 1.60 bits per heavy atom. The van der Waals surface area contributed by atoms with Crippen molar-refractivity contribution in [1.29, 1.82) is 0 Å². The molecule has 0 bridgehead atoms. The minimum atomic E-state index is -3.86. The average Bonchev–Trinajstić information content (AvgIpc) is 2.85. The van der Waals surface area contributed by atoms with Crippen LogP contribution in [-0.2, 0) is 32.6 Å². The van der Waals surface area contributed by atoms with Crippen LogP contribution in [-0.4, -0.2) is 49.5 Å². The van der Waals surface area contributed by atoms with Crippen LogP contribution in [0.4, 0.5) is 5.69 Å². The Hall–Kier alpha value is -2.88. The van der Waals surface area contributed by atoms with Crippen LogP contribution in [0.25, 0.3) is 0 Å². The SMILES string of the molecule is Cc1cc(Cl)ccc1N(CC(=O)N(Cc1ccc(Br)cc1)C(Cc1ccccc1)C(=O)NC(C)(C)C)S(C)(=O)=O. The van der Waals surface area contributed by atoms with Crippen LogP contribution < -0.4 is 9.62 Å². The van der Waals surface area contributed by atoms with Gasteiger partial charge in [-0.15, -0.1) is 0 Å². The second-order valence-electron chi connectivity index (χ2n) is 10.8. The standard InChI is InChI=1S/C30H35BrClN3O4S/c1-21-17-25(32)15-16-26(21)35(40(5,38)39)20-28(36)34(19-23-11-13-24(31)14-12-23)27(29(37)33-30(2,3)4)18-22-9-7-6-8-10-22/h6-17,27H,18-20H2,1-5H3,(H,33,37). The third kappa shape index (κ3) is 9.08. The van der Waals surface area contributed by atoms with Crippen molar-refractivity contribution in [2.24, 2.45) is 0 Å². The Morgan fingerprint density at radius 1 is 0.975 bits per heavy atom. The van der Waals surface area contributed by atoms with E-state index in [1.54, 1.807) is 25.1 Å². The summed E-state index contributed by atoms with van der Waals surface area (Å²) in [6, 6.07) is 20.8. The highest BCUT2D eigenvalue weighted by Gasteiger charge is 2.34. The van der Waals surface area contributed by atoms with Crippen LogP contribution in [0, 0.1) is 6.92 Å². The van der Waals surface area contributed by atoms with Crippen LogP contribution >= 0.6 is 27.5 Å². The van der Waals surface area contributed by atoms with Crippen LogP contribution in [0.2, 0.25) is 5.02 Å². The number of benzene rings is 3. The molecule has 0 aliphatic rings. The number of nitrogens with zero attached hydrogens (tertiary/aromatic N) is 2. The molecule has 3 rings (SSSR count). The van der Waals surface area contributed by atoms with E-state index < -0.39 is 34.1 Å². The Labute approximate surface area is 250 Å². The number of halogens is 2. The number of anilines is 1. The Balaban J connectivity index is 2.09. The summed E-state index contributed by atoms with van der Waals surface area (Å²) in [4.78, 5) is 29.3. The number of carbonyl (C=O) groups is 2. The molecule has 0 saturated carbocycles. The van der Waals surface area contributed by atoms with Crippen molar-refractivity contribution in [3.8, 4) is 0 Å². The van der Waals surface area contributed by atoms with Crippen molar-refractivity contribution in [2.75, 3.05) is 17.1 Å². The summed E-state index contributed by atoms with van der Waals surface area (Å²) in [6.07, 6.45) is 1.31. The molecule has 0 fully saturated rings. The number of hydrogen-bond acceptors (Lipinski definition) is 4. The number of sulfonamides is 1. The minimum absolute atomic E-state index is 0.110. The van der Waals surface area contributed by atoms with Gasteiger partial charge in [0.05, 0.1) is 11.9 Å². The second-order valence-corrected chi connectivity index (χ2v) is 14.1. The van der Waals surface area contributed by atoms with E-state index in [0.29, 0.717) is 16.3 Å². The third-order valence-corrected chi connectivity index (χ3v) is 8.03. The van der Waals surface area contributed by atoms with Gasteiger partial charge in [0.1, 0.15) is 12.6 Å². The largest absolute Gasteiger partial charge is 0.350 e. The molecule has 3 aromatic carbocycles. The van der Waals surface area contributed by atoms with E-state index in [1.165, 1.54) is 4.90 Å². The molecular weight excluding hydrogens is 614 g/mol. The van der Waals surface area contributed by atoms with Crippen molar-refractivity contribution in [3.63, 3.8) is 0 Å². The van der Waals surface area contributed by atoms with Gasteiger partial charge in [0.25, 0.3) is 0 Å². The molecule has 214 valence electrons. The van der Waals surface area contributed by atoms with Crippen LogP contribution in [0.1, 0.15) is 37.5 Å². The summed E-state index contributed by atoms with van der Waals surface area (Å²) in [5.74, 6) is -0.830. The van der Waals surface area contributed by atoms with Gasteiger partial charge in [-0.1, -0.05) is 70.0 Å². The monoisotopic (exact) mass is 647 g/mol. The smallest absolute Gasteiger partial charge is 0.244 e. The molecule has 2 amide bonds. The van der Waals surface area contributed by atoms with Gasteiger partial charge in [0.15, 0.2) is 0 Å². The van der Waals surface area contributed by atoms with E-state index in [2.05, 4.69) is 21.2 Å². The van der Waals surface area contributed by atoms with Gasteiger partial charge in [-0.05, 0) is 74.7 Å². The molecular formula is C30H35BrClN3O4S. The van der Waals surface area contributed by atoms with Crippen molar-refractivity contribution >= 4 is 55.1 Å². The predicted molar refractivity (Wildman–Crippen MR) is 165 cm³/mol. The molecule has 7 nitrogen and oxygen atoms in total. The van der Waals surface area contributed by atoms with Gasteiger partial charge >= 0.3 is 0 Å². The first-order valence-corrected chi connectivity index (χ1v) is 15.8. The van der Waals surface area contributed by atoms with Crippen molar-refractivity contribution in [2.45, 2.75) is 52.2 Å². The van der Waals surface area contributed by atoms with E-state index in [4.69, 9.17) is 11.6 Å². The minimum Gasteiger partial charge on any atom is -0.350 e. The molecule has 0 heterocycles. The first-order chi connectivity index (χ1) is 18.6. The molecule has 0 spiro atoms. The zero-order chi connectivity index (χ0) is 29.7. The van der Waals surface area contributed by atoms with Gasteiger partial charge in [0, 0.05) is 28.0 Å². The lowest BCUT2D eigenvalue weighted by molar-refractivity contribution is -0.140. The second kappa shape index (κ2) is 13.2. The zero-order valence-electron chi connectivity index (χ0n) is 23.3. The fraction of sp³-hybridized carbons (Fsp3) is 0.333. The zero-order valence-corrected chi connectivity index (χ0v) is 26.5. The molecule has 10 heteroatoms. The van der Waals surface area contributed by atoms with Gasteiger partial charge < -0.3 is 10.2 Å². The maximum absolute atomic E-state index is 14.1. The van der Waals surface area contributed by atoms with E-state index in [9.17, 15) is 18.0 Å². The molecule has 0 radical (unpaired) electrons. The molecule has 0 aliphatic heterocycles. The molecule has 40 heavy (non-hydrogen) atoms. The quantitative estimate of drug-likeness (QED) is 0.304. The summed E-state index contributed by atoms with van der Waals surface area (Å²) in [7, 11) is -3.86. The number of hydrogen-bond donors (Lipinski definition) is 1. The van der Waals surface area contributed by atoms with Crippen molar-refractivity contribution in [1.82, 2.24) is 10.2 Å². The van der Waals surface area contributed by atoms with Crippen LogP contribution in [0.15, 0.2) is 77.3 Å². The maximum Gasteiger partial charge on any atom is 0.244 e. The van der Waals surface area contributed by atoms with Crippen LogP contribution in [0.3, 0.4) is 0 Å². The highest BCUT2D eigenvalue weighted by molar-refractivity contribution is 9.10. The highest BCUT2D eigenvalue weighted by Crippen LogP contribution is 2.26. The number of nitrogens with one attached hydrogen (secondary N) is 1. The lowest BCUT2D eigenvalue weighted by Gasteiger charge is -2.35. The number of rotatable bonds is 10. The number of amides is 2. The predicted octanol–water partition coefficient (Wildman–Crippen LogP) is 5.73. The maximum atomic E-state index is 14.1. The lowest BCUT2D eigenvalue weighted by Crippen LogP contribution is -2.56. The molecule has 0 aliphatic carbocycles. The summed E-state index contributed by atoms with van der Waals surface area (Å²) in [5.41, 5.74) is 2.09. The van der Waals surface area contributed by atoms with Gasteiger partial charge in [-0.25, -0.2) is 8.42 Å². The molecule has 0 saturated heterocycles. The molecule has 1 atom stereocenters. The van der Waals surface area contributed by atoms with E-state index >= 15 is 0 Å². The molecule has 1 N–H and O–H groups in total.